The fourth-order valence-electron chi connectivity index (χ4n) is 1.57. The molecule has 100 valence electrons. The summed E-state index contributed by atoms with van der Waals surface area (Å²) in [5.41, 5.74) is 0.147. The largest absolute Gasteiger partial charge is 0.495 e. The number of nitrogens with one attached hydrogen (secondary N) is 2. The molecule has 2 rings (SSSR count). The number of rotatable bonds is 3. The highest BCUT2D eigenvalue weighted by Gasteiger charge is 2.14. The molecule has 0 atom stereocenters. The lowest BCUT2D eigenvalue weighted by atomic mass is 10.1. The first-order valence-corrected chi connectivity index (χ1v) is 5.60. The number of para-hydroxylation sites is 1. The topological polar surface area (TPSA) is 108 Å². The second kappa shape index (κ2) is 5.67. The average molecular weight is 270 g/mol. The van der Waals surface area contributed by atoms with Gasteiger partial charge in [0.25, 0.3) is 11.5 Å². The van der Waals surface area contributed by atoms with Crippen molar-refractivity contribution in [3.05, 3.63) is 51.9 Å². The fraction of sp³-hybridized carbons (Fsp3) is 0.0769. The molecule has 7 heteroatoms. The van der Waals surface area contributed by atoms with Gasteiger partial charge in [0, 0.05) is 6.07 Å². The van der Waals surface area contributed by atoms with Gasteiger partial charge in [0.1, 0.15) is 23.2 Å². The second-order valence-corrected chi connectivity index (χ2v) is 3.76. The molecule has 2 aromatic rings. The van der Waals surface area contributed by atoms with Gasteiger partial charge in [-0.15, -0.1) is 0 Å². The highest BCUT2D eigenvalue weighted by Crippen LogP contribution is 2.28. The maximum Gasteiger partial charge on any atom is 0.276 e. The van der Waals surface area contributed by atoms with Gasteiger partial charge in [0.2, 0.25) is 0 Å². The van der Waals surface area contributed by atoms with E-state index in [1.165, 1.54) is 19.2 Å². The van der Waals surface area contributed by atoms with E-state index >= 15 is 0 Å². The van der Waals surface area contributed by atoms with E-state index in [2.05, 4.69) is 15.5 Å². The molecule has 0 radical (unpaired) electrons. The Morgan fingerprint density at radius 1 is 1.40 bits per heavy atom. The van der Waals surface area contributed by atoms with Crippen molar-refractivity contribution in [1.29, 1.82) is 5.26 Å². The van der Waals surface area contributed by atoms with E-state index in [0.29, 0.717) is 5.75 Å². The van der Waals surface area contributed by atoms with Crippen molar-refractivity contribution in [3.63, 3.8) is 0 Å². The van der Waals surface area contributed by atoms with Crippen LogP contribution in [-0.4, -0.2) is 23.2 Å². The van der Waals surface area contributed by atoms with Crippen LogP contribution in [0.25, 0.3) is 0 Å². The number of carbonyl (C=O) groups excluding carboxylic acids is 1. The van der Waals surface area contributed by atoms with Crippen molar-refractivity contribution in [2.75, 3.05) is 12.4 Å². The van der Waals surface area contributed by atoms with E-state index in [1.54, 1.807) is 18.2 Å². The average Bonchev–Trinajstić information content (AvgIpc) is 2.48. The number of aromatic amines is 1. The molecule has 7 nitrogen and oxygen atoms in total. The van der Waals surface area contributed by atoms with E-state index in [4.69, 9.17) is 10.00 Å². The van der Waals surface area contributed by atoms with Crippen LogP contribution < -0.4 is 15.6 Å². The molecule has 0 aliphatic heterocycles. The Bertz CT molecular complexity index is 726. The maximum absolute atomic E-state index is 12.0. The first kappa shape index (κ1) is 13.3. The molecule has 1 amide bonds. The van der Waals surface area contributed by atoms with Crippen LogP contribution in [0.3, 0.4) is 0 Å². The van der Waals surface area contributed by atoms with E-state index < -0.39 is 11.5 Å². The molecule has 0 fully saturated rings. The van der Waals surface area contributed by atoms with Crippen LogP contribution in [0.15, 0.2) is 35.1 Å². The Balaban J connectivity index is 2.35. The number of ether oxygens (including phenoxy) is 1. The minimum atomic E-state index is -0.553. The number of carbonyl (C=O) groups is 1. The predicted molar refractivity (Wildman–Crippen MR) is 70.5 cm³/mol. The van der Waals surface area contributed by atoms with Crippen molar-refractivity contribution < 1.29 is 9.53 Å². The first-order valence-electron chi connectivity index (χ1n) is 5.60. The van der Waals surface area contributed by atoms with Crippen LogP contribution in [0.1, 0.15) is 16.1 Å². The summed E-state index contributed by atoms with van der Waals surface area (Å²) < 4.78 is 5.10. The van der Waals surface area contributed by atoms with E-state index in [9.17, 15) is 9.59 Å². The highest BCUT2D eigenvalue weighted by molar-refractivity contribution is 6.04. The third kappa shape index (κ3) is 2.64. The lowest BCUT2D eigenvalue weighted by Gasteiger charge is -2.10. The number of nitrogens with zero attached hydrogens (tertiary/aromatic N) is 2. The minimum Gasteiger partial charge on any atom is -0.495 e. The number of hydrogen-bond acceptors (Lipinski definition) is 5. The molecule has 1 aromatic heterocycles. The van der Waals surface area contributed by atoms with Crippen LogP contribution >= 0.6 is 0 Å². The summed E-state index contributed by atoms with van der Waals surface area (Å²) in [7, 11) is 1.43. The Hall–Kier alpha value is -3.14. The molecule has 0 spiro atoms. The molecule has 20 heavy (non-hydrogen) atoms. The SMILES string of the molecule is COc1cccc(C#N)c1NC(=O)c1ccc(=O)[nH]n1. The summed E-state index contributed by atoms with van der Waals surface area (Å²) in [5, 5.41) is 17.4. The van der Waals surface area contributed by atoms with Gasteiger partial charge in [0.15, 0.2) is 0 Å². The fourth-order valence-corrected chi connectivity index (χ4v) is 1.57. The van der Waals surface area contributed by atoms with Crippen molar-refractivity contribution in [1.82, 2.24) is 10.2 Å². The lowest BCUT2D eigenvalue weighted by Crippen LogP contribution is -2.18. The molecule has 0 aliphatic rings. The normalized spacial score (nSPS) is 9.60. The van der Waals surface area contributed by atoms with E-state index in [-0.39, 0.29) is 16.9 Å². The van der Waals surface area contributed by atoms with Crippen LogP contribution in [0.5, 0.6) is 5.75 Å². The zero-order valence-corrected chi connectivity index (χ0v) is 10.5. The number of amides is 1. The third-order valence-corrected chi connectivity index (χ3v) is 2.52. The monoisotopic (exact) mass is 270 g/mol. The van der Waals surface area contributed by atoms with Crippen LogP contribution in [0.2, 0.25) is 0 Å². The number of nitriles is 1. The van der Waals surface area contributed by atoms with Crippen LogP contribution in [0, 0.1) is 11.3 Å². The second-order valence-electron chi connectivity index (χ2n) is 3.76. The molecule has 1 heterocycles. The molecule has 1 aromatic carbocycles. The number of benzene rings is 1. The number of hydrogen-bond donors (Lipinski definition) is 2. The molecule has 0 unspecified atom stereocenters. The van der Waals surface area contributed by atoms with Crippen molar-refractivity contribution in [2.45, 2.75) is 0 Å². The molecular formula is C13H10N4O3. The number of methoxy groups -OCH3 is 1. The van der Waals surface area contributed by atoms with Gasteiger partial charge in [-0.2, -0.15) is 10.4 Å². The molecular weight excluding hydrogens is 260 g/mol. The predicted octanol–water partition coefficient (Wildman–Crippen LogP) is 0.902. The van der Waals surface area contributed by atoms with Gasteiger partial charge < -0.3 is 10.1 Å². The summed E-state index contributed by atoms with van der Waals surface area (Å²) in [6.07, 6.45) is 0. The summed E-state index contributed by atoms with van der Waals surface area (Å²) in [4.78, 5) is 22.9. The summed E-state index contributed by atoms with van der Waals surface area (Å²) in [5.74, 6) is -0.191. The Morgan fingerprint density at radius 2 is 2.20 bits per heavy atom. The third-order valence-electron chi connectivity index (χ3n) is 2.52. The lowest BCUT2D eigenvalue weighted by molar-refractivity contribution is 0.102. The van der Waals surface area contributed by atoms with E-state index in [0.717, 1.165) is 0 Å². The number of anilines is 1. The number of aromatic nitrogens is 2. The smallest absolute Gasteiger partial charge is 0.276 e. The summed E-state index contributed by atoms with van der Waals surface area (Å²) in [6.45, 7) is 0. The summed E-state index contributed by atoms with van der Waals surface area (Å²) >= 11 is 0. The number of H-pyrrole nitrogens is 1. The quantitative estimate of drug-likeness (QED) is 0.861. The van der Waals surface area contributed by atoms with Gasteiger partial charge >= 0.3 is 0 Å². The zero-order chi connectivity index (χ0) is 14.5. The minimum absolute atomic E-state index is 0.0272. The molecule has 0 saturated carbocycles. The van der Waals surface area contributed by atoms with Gasteiger partial charge in [-0.3, -0.25) is 9.59 Å². The van der Waals surface area contributed by atoms with Gasteiger partial charge in [-0.25, -0.2) is 5.10 Å². The maximum atomic E-state index is 12.0. The summed E-state index contributed by atoms with van der Waals surface area (Å²) in [6, 6.07) is 9.26. The van der Waals surface area contributed by atoms with Gasteiger partial charge in [-0.1, -0.05) is 6.07 Å². The highest BCUT2D eigenvalue weighted by atomic mass is 16.5. The van der Waals surface area contributed by atoms with Crippen LogP contribution in [0.4, 0.5) is 5.69 Å². The standard InChI is InChI=1S/C13H10N4O3/c1-20-10-4-2-3-8(7-14)12(10)15-13(19)9-5-6-11(18)17-16-9/h2-6H,1H3,(H,15,19)(H,17,18). The van der Waals surface area contributed by atoms with E-state index in [1.807, 2.05) is 6.07 Å². The first-order chi connectivity index (χ1) is 9.65. The molecule has 0 saturated heterocycles. The Kier molecular flexibility index (Phi) is 3.77. The zero-order valence-electron chi connectivity index (χ0n) is 10.5. The van der Waals surface area contributed by atoms with Crippen LogP contribution in [-0.2, 0) is 0 Å². The van der Waals surface area contributed by atoms with Gasteiger partial charge in [-0.05, 0) is 18.2 Å². The Morgan fingerprint density at radius 3 is 2.80 bits per heavy atom. The molecule has 0 aliphatic carbocycles. The van der Waals surface area contributed by atoms with Crippen molar-refractivity contribution in [2.24, 2.45) is 0 Å². The van der Waals surface area contributed by atoms with Gasteiger partial charge in [0.05, 0.1) is 12.7 Å². The molecule has 2 N–H and O–H groups in total. The van der Waals surface area contributed by atoms with Crippen molar-refractivity contribution >= 4 is 11.6 Å². The molecule has 0 bridgehead atoms. The van der Waals surface area contributed by atoms with Crippen molar-refractivity contribution in [3.8, 4) is 11.8 Å². The Labute approximate surface area is 113 Å².